The maximum atomic E-state index is 10.9. The number of ether oxygens (including phenoxy) is 1. The normalized spacial score (nSPS) is 20.6. The van der Waals surface area contributed by atoms with Gasteiger partial charge in [0.2, 0.25) is 5.91 Å². The third-order valence-corrected chi connectivity index (χ3v) is 2.79. The first-order chi connectivity index (χ1) is 7.79. The Morgan fingerprint density at radius 3 is 2.69 bits per heavy atom. The summed E-state index contributed by atoms with van der Waals surface area (Å²) in [6.45, 7) is 2.92. The summed E-state index contributed by atoms with van der Waals surface area (Å²) < 4.78 is 5.46. The van der Waals surface area contributed by atoms with Crippen LogP contribution in [0.3, 0.4) is 0 Å². The molecule has 1 heterocycles. The van der Waals surface area contributed by atoms with Crippen molar-refractivity contribution in [2.45, 2.75) is 25.9 Å². The van der Waals surface area contributed by atoms with Crippen LogP contribution in [0.15, 0.2) is 24.3 Å². The van der Waals surface area contributed by atoms with Crippen LogP contribution in [-0.4, -0.2) is 19.1 Å². The third-order valence-electron chi connectivity index (χ3n) is 2.79. The largest absolute Gasteiger partial charge is 0.362 e. The molecule has 3 nitrogen and oxygen atoms in total. The molecule has 3 heteroatoms. The van der Waals surface area contributed by atoms with E-state index >= 15 is 0 Å². The van der Waals surface area contributed by atoms with Gasteiger partial charge in [-0.2, -0.15) is 0 Å². The molecule has 2 rings (SSSR count). The fraction of sp³-hybridized carbons (Fsp3) is 0.462. The van der Waals surface area contributed by atoms with E-state index in [0.29, 0.717) is 6.54 Å². The van der Waals surface area contributed by atoms with Gasteiger partial charge in [-0.05, 0) is 17.5 Å². The first-order valence-electron chi connectivity index (χ1n) is 5.76. The summed E-state index contributed by atoms with van der Waals surface area (Å²) >= 11 is 0. The number of carbonyl (C=O) groups is 1. The highest BCUT2D eigenvalue weighted by Gasteiger charge is 2.19. The van der Waals surface area contributed by atoms with Crippen LogP contribution < -0.4 is 5.32 Å². The summed E-state index contributed by atoms with van der Waals surface area (Å²) in [6.07, 6.45) is 2.28. The maximum Gasteiger partial charge on any atom is 0.246 e. The Morgan fingerprint density at radius 2 is 2.12 bits per heavy atom. The zero-order valence-electron chi connectivity index (χ0n) is 9.53. The van der Waals surface area contributed by atoms with E-state index in [9.17, 15) is 4.79 Å². The van der Waals surface area contributed by atoms with E-state index in [1.54, 1.807) is 0 Å². The van der Waals surface area contributed by atoms with Crippen molar-refractivity contribution in [1.82, 2.24) is 5.32 Å². The van der Waals surface area contributed by atoms with Crippen molar-refractivity contribution in [1.29, 1.82) is 0 Å². The predicted octanol–water partition coefficient (Wildman–Crippen LogP) is 1.83. The number of hydrogen-bond donors (Lipinski definition) is 1. The molecule has 16 heavy (non-hydrogen) atoms. The third kappa shape index (κ3) is 2.61. The number of carbonyl (C=O) groups excluding carboxylic acids is 1. The summed E-state index contributed by atoms with van der Waals surface area (Å²) in [4.78, 5) is 10.9. The van der Waals surface area contributed by atoms with Crippen LogP contribution in [0, 0.1) is 0 Å². The number of rotatable bonds is 3. The quantitative estimate of drug-likeness (QED) is 0.842. The van der Waals surface area contributed by atoms with Gasteiger partial charge >= 0.3 is 0 Å². The molecule has 1 saturated heterocycles. The van der Waals surface area contributed by atoms with Gasteiger partial charge in [0.05, 0.1) is 0 Å². The number of amides is 1. The summed E-state index contributed by atoms with van der Waals surface area (Å²) in [7, 11) is 0. The van der Waals surface area contributed by atoms with E-state index in [1.807, 2.05) is 0 Å². The van der Waals surface area contributed by atoms with Crippen molar-refractivity contribution in [3.05, 3.63) is 35.4 Å². The lowest BCUT2D eigenvalue weighted by molar-refractivity contribution is -0.133. The fourth-order valence-corrected chi connectivity index (χ4v) is 1.89. The highest BCUT2D eigenvalue weighted by Crippen LogP contribution is 2.19. The molecular weight excluding hydrogens is 202 g/mol. The van der Waals surface area contributed by atoms with Crippen molar-refractivity contribution in [2.24, 2.45) is 0 Å². The zero-order chi connectivity index (χ0) is 11.4. The second-order valence-corrected chi connectivity index (χ2v) is 4.10. The van der Waals surface area contributed by atoms with E-state index in [2.05, 4.69) is 36.5 Å². The first-order valence-corrected chi connectivity index (χ1v) is 5.76. The predicted molar refractivity (Wildman–Crippen MR) is 62.1 cm³/mol. The molecule has 1 aromatic rings. The van der Waals surface area contributed by atoms with Crippen LogP contribution in [0.25, 0.3) is 0 Å². The monoisotopic (exact) mass is 219 g/mol. The molecule has 1 amide bonds. The zero-order valence-corrected chi connectivity index (χ0v) is 9.53. The van der Waals surface area contributed by atoms with Gasteiger partial charge in [-0.15, -0.1) is 0 Å². The van der Waals surface area contributed by atoms with Crippen LogP contribution in [0.5, 0.6) is 0 Å². The van der Waals surface area contributed by atoms with Crippen LogP contribution in [0.1, 0.15) is 30.6 Å². The Bertz CT molecular complexity index is 349. The van der Waals surface area contributed by atoms with E-state index in [-0.39, 0.29) is 18.6 Å². The Labute approximate surface area is 95.8 Å². The van der Waals surface area contributed by atoms with Crippen molar-refractivity contribution in [2.75, 3.05) is 13.2 Å². The molecule has 1 aliphatic rings. The van der Waals surface area contributed by atoms with Gasteiger partial charge in [0, 0.05) is 6.54 Å². The number of benzene rings is 1. The average Bonchev–Trinajstić information content (AvgIpc) is 2.32. The van der Waals surface area contributed by atoms with Crippen molar-refractivity contribution in [3.63, 3.8) is 0 Å². The molecule has 0 radical (unpaired) electrons. The van der Waals surface area contributed by atoms with Crippen molar-refractivity contribution < 1.29 is 9.53 Å². The first kappa shape index (κ1) is 11.1. The van der Waals surface area contributed by atoms with Gasteiger partial charge in [0.1, 0.15) is 12.7 Å². The summed E-state index contributed by atoms with van der Waals surface area (Å²) in [5.41, 5.74) is 2.49. The van der Waals surface area contributed by atoms with Crippen LogP contribution >= 0.6 is 0 Å². The number of morpholine rings is 1. The Morgan fingerprint density at radius 1 is 1.38 bits per heavy atom. The SMILES string of the molecule is CCCc1ccc([C@H]2CNC(=O)CO2)cc1. The molecule has 1 aromatic carbocycles. The smallest absolute Gasteiger partial charge is 0.246 e. The van der Waals surface area contributed by atoms with E-state index in [0.717, 1.165) is 18.4 Å². The Kier molecular flexibility index (Phi) is 3.57. The standard InChI is InChI=1S/C13H17NO2/c1-2-3-10-4-6-11(7-5-10)12-8-14-13(15)9-16-12/h4-7,12H,2-3,8-9H2,1H3,(H,14,15)/t12-/m1/s1. The molecule has 1 N–H and O–H groups in total. The summed E-state index contributed by atoms with van der Waals surface area (Å²) in [5.74, 6) is -0.0288. The Balaban J connectivity index is 2.01. The molecule has 1 fully saturated rings. The van der Waals surface area contributed by atoms with Crippen molar-refractivity contribution >= 4 is 5.91 Å². The Hall–Kier alpha value is -1.35. The number of hydrogen-bond acceptors (Lipinski definition) is 2. The van der Waals surface area contributed by atoms with Crippen LogP contribution in [-0.2, 0) is 16.0 Å². The average molecular weight is 219 g/mol. The number of aryl methyl sites for hydroxylation is 1. The highest BCUT2D eigenvalue weighted by atomic mass is 16.5. The lowest BCUT2D eigenvalue weighted by Gasteiger charge is -2.23. The highest BCUT2D eigenvalue weighted by molar-refractivity contribution is 5.77. The van der Waals surface area contributed by atoms with E-state index in [4.69, 9.17) is 4.74 Å². The molecule has 0 spiro atoms. The minimum atomic E-state index is -0.0288. The van der Waals surface area contributed by atoms with Gasteiger partial charge in [-0.25, -0.2) is 0 Å². The molecule has 0 saturated carbocycles. The van der Waals surface area contributed by atoms with Gasteiger partial charge in [-0.1, -0.05) is 37.6 Å². The van der Waals surface area contributed by atoms with Gasteiger partial charge in [0.15, 0.2) is 0 Å². The molecule has 1 aliphatic heterocycles. The van der Waals surface area contributed by atoms with Crippen LogP contribution in [0.4, 0.5) is 0 Å². The lowest BCUT2D eigenvalue weighted by atomic mass is 10.0. The number of nitrogens with one attached hydrogen (secondary N) is 1. The molecular formula is C13H17NO2. The maximum absolute atomic E-state index is 10.9. The fourth-order valence-electron chi connectivity index (χ4n) is 1.89. The molecule has 1 atom stereocenters. The second kappa shape index (κ2) is 5.12. The molecule has 0 aromatic heterocycles. The molecule has 0 unspecified atom stereocenters. The molecule has 86 valence electrons. The summed E-state index contributed by atoms with van der Waals surface area (Å²) in [6, 6.07) is 8.46. The van der Waals surface area contributed by atoms with Crippen molar-refractivity contribution in [3.8, 4) is 0 Å². The van der Waals surface area contributed by atoms with E-state index in [1.165, 1.54) is 5.56 Å². The van der Waals surface area contributed by atoms with Gasteiger partial charge in [0.25, 0.3) is 0 Å². The topological polar surface area (TPSA) is 38.3 Å². The van der Waals surface area contributed by atoms with Gasteiger partial charge < -0.3 is 10.1 Å². The molecule has 0 aliphatic carbocycles. The minimum Gasteiger partial charge on any atom is -0.362 e. The van der Waals surface area contributed by atoms with Crippen LogP contribution in [0.2, 0.25) is 0 Å². The minimum absolute atomic E-state index is 0.00776. The molecule has 0 bridgehead atoms. The van der Waals surface area contributed by atoms with Gasteiger partial charge in [-0.3, -0.25) is 4.79 Å². The van der Waals surface area contributed by atoms with E-state index < -0.39 is 0 Å². The summed E-state index contributed by atoms with van der Waals surface area (Å²) in [5, 5.41) is 2.81. The second-order valence-electron chi connectivity index (χ2n) is 4.10. The lowest BCUT2D eigenvalue weighted by Crippen LogP contribution is -2.38.